The molecule has 3 nitrogen and oxygen atoms in total. The van der Waals surface area contributed by atoms with Crippen LogP contribution < -0.4 is 10.5 Å². The van der Waals surface area contributed by atoms with Crippen molar-refractivity contribution in [1.29, 1.82) is 0 Å². The number of unbranched alkanes of at least 4 members (excludes halogenated alkanes) is 1. The zero-order valence-electron chi connectivity index (χ0n) is 11.5. The Morgan fingerprint density at radius 1 is 1.11 bits per heavy atom. The zero-order valence-corrected chi connectivity index (χ0v) is 11.5. The second-order valence-electron chi connectivity index (χ2n) is 4.71. The SMILES string of the molecule is COCCCCOc1ccc(CCC(C)N)cc1. The average molecular weight is 251 g/mol. The first-order chi connectivity index (χ1) is 8.72. The molecule has 0 amide bonds. The Bertz CT molecular complexity index is 309. The fourth-order valence-electron chi connectivity index (χ4n) is 1.69. The molecular weight excluding hydrogens is 226 g/mol. The average Bonchev–Trinajstić information content (AvgIpc) is 2.37. The van der Waals surface area contributed by atoms with E-state index in [1.165, 1.54) is 5.56 Å². The number of hydrogen-bond acceptors (Lipinski definition) is 3. The van der Waals surface area contributed by atoms with Gasteiger partial charge in [0, 0.05) is 19.8 Å². The van der Waals surface area contributed by atoms with Crippen LogP contribution >= 0.6 is 0 Å². The van der Waals surface area contributed by atoms with E-state index in [4.69, 9.17) is 15.2 Å². The summed E-state index contributed by atoms with van der Waals surface area (Å²) >= 11 is 0. The summed E-state index contributed by atoms with van der Waals surface area (Å²) in [5.74, 6) is 0.942. The minimum atomic E-state index is 0.265. The molecule has 0 aliphatic heterocycles. The van der Waals surface area contributed by atoms with E-state index in [1.807, 2.05) is 19.1 Å². The minimum Gasteiger partial charge on any atom is -0.494 e. The molecule has 1 aromatic carbocycles. The first-order valence-corrected chi connectivity index (χ1v) is 6.68. The standard InChI is InChI=1S/C15H25NO2/c1-13(16)5-6-14-7-9-15(10-8-14)18-12-4-3-11-17-2/h7-10,13H,3-6,11-12,16H2,1-2H3. The van der Waals surface area contributed by atoms with Gasteiger partial charge in [0.05, 0.1) is 6.61 Å². The lowest BCUT2D eigenvalue weighted by molar-refractivity contribution is 0.184. The Balaban J connectivity index is 2.23. The molecular formula is C15H25NO2. The molecule has 0 saturated carbocycles. The van der Waals surface area contributed by atoms with Crippen LogP contribution in [0, 0.1) is 0 Å². The summed E-state index contributed by atoms with van der Waals surface area (Å²) in [6, 6.07) is 8.57. The summed E-state index contributed by atoms with van der Waals surface area (Å²) in [5, 5.41) is 0. The van der Waals surface area contributed by atoms with E-state index in [0.29, 0.717) is 0 Å². The molecule has 0 spiro atoms. The van der Waals surface area contributed by atoms with Gasteiger partial charge in [-0.2, -0.15) is 0 Å². The first kappa shape index (κ1) is 15.0. The number of methoxy groups -OCH3 is 1. The van der Waals surface area contributed by atoms with E-state index < -0.39 is 0 Å². The third-order valence-electron chi connectivity index (χ3n) is 2.82. The molecule has 0 fully saturated rings. The van der Waals surface area contributed by atoms with E-state index in [2.05, 4.69) is 12.1 Å². The van der Waals surface area contributed by atoms with Crippen molar-refractivity contribution in [2.45, 2.75) is 38.6 Å². The lowest BCUT2D eigenvalue weighted by Gasteiger charge is -2.08. The molecule has 3 heteroatoms. The van der Waals surface area contributed by atoms with Gasteiger partial charge in [-0.3, -0.25) is 0 Å². The maximum atomic E-state index is 5.74. The van der Waals surface area contributed by atoms with Gasteiger partial charge in [0.25, 0.3) is 0 Å². The van der Waals surface area contributed by atoms with Crippen molar-refractivity contribution in [1.82, 2.24) is 0 Å². The predicted molar refractivity (Wildman–Crippen MR) is 75.0 cm³/mol. The van der Waals surface area contributed by atoms with Crippen molar-refractivity contribution in [2.75, 3.05) is 20.3 Å². The fraction of sp³-hybridized carbons (Fsp3) is 0.600. The van der Waals surface area contributed by atoms with Gasteiger partial charge in [-0.05, 0) is 50.3 Å². The van der Waals surface area contributed by atoms with Crippen LogP contribution in [0.3, 0.4) is 0 Å². The van der Waals surface area contributed by atoms with Crippen LogP contribution in [0.4, 0.5) is 0 Å². The van der Waals surface area contributed by atoms with Crippen molar-refractivity contribution in [3.05, 3.63) is 29.8 Å². The fourth-order valence-corrected chi connectivity index (χ4v) is 1.69. The Labute approximate surface area is 110 Å². The quantitative estimate of drug-likeness (QED) is 0.686. The van der Waals surface area contributed by atoms with E-state index >= 15 is 0 Å². The van der Waals surface area contributed by atoms with Gasteiger partial charge in [0.1, 0.15) is 5.75 Å². The molecule has 0 aromatic heterocycles. The Morgan fingerprint density at radius 2 is 1.78 bits per heavy atom. The molecule has 0 bridgehead atoms. The number of aryl methyl sites for hydroxylation is 1. The van der Waals surface area contributed by atoms with Gasteiger partial charge < -0.3 is 15.2 Å². The maximum Gasteiger partial charge on any atom is 0.119 e. The summed E-state index contributed by atoms with van der Waals surface area (Å²) in [7, 11) is 1.72. The van der Waals surface area contributed by atoms with Crippen molar-refractivity contribution in [3.8, 4) is 5.75 Å². The predicted octanol–water partition coefficient (Wildman–Crippen LogP) is 2.77. The number of nitrogens with two attached hydrogens (primary N) is 1. The summed E-state index contributed by atoms with van der Waals surface area (Å²) < 4.78 is 10.6. The van der Waals surface area contributed by atoms with Gasteiger partial charge in [0.15, 0.2) is 0 Å². The van der Waals surface area contributed by atoms with Gasteiger partial charge >= 0.3 is 0 Å². The molecule has 0 radical (unpaired) electrons. The van der Waals surface area contributed by atoms with Gasteiger partial charge in [-0.15, -0.1) is 0 Å². The topological polar surface area (TPSA) is 44.5 Å². The first-order valence-electron chi connectivity index (χ1n) is 6.68. The van der Waals surface area contributed by atoms with Crippen LogP contribution in [0.25, 0.3) is 0 Å². The van der Waals surface area contributed by atoms with Crippen molar-refractivity contribution in [2.24, 2.45) is 5.73 Å². The highest BCUT2D eigenvalue weighted by Gasteiger charge is 1.98. The van der Waals surface area contributed by atoms with Crippen LogP contribution in [-0.2, 0) is 11.2 Å². The lowest BCUT2D eigenvalue weighted by Crippen LogP contribution is -2.15. The number of rotatable bonds is 9. The smallest absolute Gasteiger partial charge is 0.119 e. The summed E-state index contributed by atoms with van der Waals surface area (Å²) in [6.45, 7) is 3.60. The largest absolute Gasteiger partial charge is 0.494 e. The molecule has 1 aromatic rings. The molecule has 0 aliphatic rings. The molecule has 1 rings (SSSR count). The molecule has 0 heterocycles. The second kappa shape index (κ2) is 8.95. The van der Waals surface area contributed by atoms with Crippen LogP contribution in [0.2, 0.25) is 0 Å². The monoisotopic (exact) mass is 251 g/mol. The zero-order chi connectivity index (χ0) is 13.2. The molecule has 1 unspecified atom stereocenters. The van der Waals surface area contributed by atoms with Crippen molar-refractivity contribution in [3.63, 3.8) is 0 Å². The Kier molecular flexibility index (Phi) is 7.46. The summed E-state index contributed by atoms with van der Waals surface area (Å²) in [4.78, 5) is 0. The third-order valence-corrected chi connectivity index (χ3v) is 2.82. The van der Waals surface area contributed by atoms with E-state index in [9.17, 15) is 0 Å². The van der Waals surface area contributed by atoms with Crippen molar-refractivity contribution < 1.29 is 9.47 Å². The van der Waals surface area contributed by atoms with Gasteiger partial charge in [-0.25, -0.2) is 0 Å². The van der Waals surface area contributed by atoms with Crippen LogP contribution in [0.5, 0.6) is 5.75 Å². The summed E-state index contributed by atoms with van der Waals surface area (Å²) in [5.41, 5.74) is 7.06. The van der Waals surface area contributed by atoms with Gasteiger partial charge in [0.2, 0.25) is 0 Å². The Hall–Kier alpha value is -1.06. The second-order valence-corrected chi connectivity index (χ2v) is 4.71. The molecule has 0 aliphatic carbocycles. The van der Waals surface area contributed by atoms with E-state index in [-0.39, 0.29) is 6.04 Å². The van der Waals surface area contributed by atoms with E-state index in [1.54, 1.807) is 7.11 Å². The minimum absolute atomic E-state index is 0.265. The molecule has 0 saturated heterocycles. The molecule has 1 atom stereocenters. The normalized spacial score (nSPS) is 12.4. The number of ether oxygens (including phenoxy) is 2. The molecule has 2 N–H and O–H groups in total. The highest BCUT2D eigenvalue weighted by molar-refractivity contribution is 5.27. The number of benzene rings is 1. The van der Waals surface area contributed by atoms with Gasteiger partial charge in [-0.1, -0.05) is 12.1 Å². The van der Waals surface area contributed by atoms with Crippen LogP contribution in [0.1, 0.15) is 31.7 Å². The Morgan fingerprint density at radius 3 is 2.39 bits per heavy atom. The van der Waals surface area contributed by atoms with E-state index in [0.717, 1.165) is 44.6 Å². The van der Waals surface area contributed by atoms with Crippen LogP contribution in [0.15, 0.2) is 24.3 Å². The third kappa shape index (κ3) is 6.62. The molecule has 18 heavy (non-hydrogen) atoms. The van der Waals surface area contributed by atoms with Crippen LogP contribution in [-0.4, -0.2) is 26.4 Å². The summed E-state index contributed by atoms with van der Waals surface area (Å²) in [6.07, 6.45) is 4.13. The highest BCUT2D eigenvalue weighted by Crippen LogP contribution is 2.14. The maximum absolute atomic E-state index is 5.74. The van der Waals surface area contributed by atoms with Crippen molar-refractivity contribution >= 4 is 0 Å². The highest BCUT2D eigenvalue weighted by atomic mass is 16.5. The number of hydrogen-bond donors (Lipinski definition) is 1. The molecule has 102 valence electrons. The lowest BCUT2D eigenvalue weighted by atomic mass is 10.1.